The number of imidazole rings is 1. The van der Waals surface area contributed by atoms with Gasteiger partial charge in [-0.3, -0.25) is 9.59 Å². The van der Waals surface area contributed by atoms with Crippen LogP contribution in [-0.2, 0) is 13.1 Å². The van der Waals surface area contributed by atoms with E-state index in [1.807, 2.05) is 24.3 Å². The van der Waals surface area contributed by atoms with E-state index >= 15 is 0 Å². The number of rotatable bonds is 6. The minimum Gasteiger partial charge on any atom is -1.00 e. The lowest BCUT2D eigenvalue weighted by Gasteiger charge is -2.03. The molecule has 1 heterocycles. The molecule has 164 valence electrons. The Morgan fingerprint density at radius 3 is 1.94 bits per heavy atom. The van der Waals surface area contributed by atoms with Crippen LogP contribution in [0.15, 0.2) is 67.0 Å². The van der Waals surface area contributed by atoms with Gasteiger partial charge in [-0.1, -0.05) is 58.5 Å². The Labute approximate surface area is 210 Å². The summed E-state index contributed by atoms with van der Waals surface area (Å²) in [5.74, 6) is -0.330. The Morgan fingerprint density at radius 2 is 1.34 bits per heavy atom. The van der Waals surface area contributed by atoms with E-state index in [2.05, 4.69) is 0 Å². The Morgan fingerprint density at radius 1 is 0.781 bits per heavy atom. The second-order valence-electron chi connectivity index (χ2n) is 6.95. The van der Waals surface area contributed by atoms with Crippen LogP contribution in [0.5, 0.6) is 0 Å². The Hall–Kier alpha value is -2.08. The zero-order valence-electron chi connectivity index (χ0n) is 16.4. The predicted molar refractivity (Wildman–Crippen MR) is 124 cm³/mol. The minimum absolute atomic E-state index is 0. The smallest absolute Gasteiger partial charge is 0.245 e. The van der Waals surface area contributed by atoms with Crippen LogP contribution in [0.1, 0.15) is 20.7 Å². The third kappa shape index (κ3) is 5.11. The van der Waals surface area contributed by atoms with Crippen molar-refractivity contribution in [2.45, 2.75) is 13.1 Å². The van der Waals surface area contributed by atoms with Crippen LogP contribution in [0.4, 0.5) is 0 Å². The minimum atomic E-state index is -0.165. The van der Waals surface area contributed by atoms with Crippen LogP contribution in [-0.4, -0.2) is 16.1 Å². The van der Waals surface area contributed by atoms with E-state index in [0.717, 1.165) is 11.0 Å². The molecule has 0 N–H and O–H groups in total. The molecule has 0 fully saturated rings. The maximum atomic E-state index is 12.9. The second kappa shape index (κ2) is 10.2. The maximum absolute atomic E-state index is 12.9. The first kappa shape index (κ1) is 24.6. The number of carbonyl (C=O) groups excluding carboxylic acids is 2. The number of Topliss-reactive ketones (excluding diaryl/α,β-unsaturated/α-hetero) is 2. The standard InChI is InChI=1S/C23H15Cl4N2O2.ClH/c24-14-5-7-16(18(26)9-14)22(30)11-28-13-29(21-4-2-1-3-20(21)28)12-23(31)17-8-6-15(25)10-19(17)27;/h1-10,13H,11-12H2;1H/q+1;/p-1. The highest BCUT2D eigenvalue weighted by Gasteiger charge is 2.22. The van der Waals surface area contributed by atoms with Gasteiger partial charge in [-0.15, -0.1) is 0 Å². The molecule has 0 aliphatic heterocycles. The summed E-state index contributed by atoms with van der Waals surface area (Å²) in [6, 6.07) is 17.1. The molecule has 4 aromatic rings. The van der Waals surface area contributed by atoms with Crippen molar-refractivity contribution >= 4 is 69.0 Å². The number of hydrogen-bond donors (Lipinski definition) is 0. The van der Waals surface area contributed by atoms with Gasteiger partial charge in [0.1, 0.15) is 0 Å². The van der Waals surface area contributed by atoms with Crippen molar-refractivity contribution in [3.63, 3.8) is 0 Å². The van der Waals surface area contributed by atoms with Gasteiger partial charge in [0, 0.05) is 21.2 Å². The number of hydrogen-bond acceptors (Lipinski definition) is 2. The molecule has 9 heteroatoms. The molecule has 0 atom stereocenters. The molecule has 0 unspecified atom stereocenters. The average Bonchev–Trinajstić information content (AvgIpc) is 3.05. The molecule has 4 rings (SSSR count). The van der Waals surface area contributed by atoms with Gasteiger partial charge in [-0.25, -0.2) is 9.13 Å². The number of halogens is 5. The molecular formula is C23H15Cl5N2O2. The number of fused-ring (bicyclic) bond motifs is 1. The zero-order valence-corrected chi connectivity index (χ0v) is 20.1. The van der Waals surface area contributed by atoms with E-state index in [-0.39, 0.29) is 37.1 Å². The predicted octanol–water partition coefficient (Wildman–Crippen LogP) is 3.31. The van der Waals surface area contributed by atoms with Crippen molar-refractivity contribution < 1.29 is 26.6 Å². The van der Waals surface area contributed by atoms with Gasteiger partial charge in [-0.05, 0) is 48.5 Å². The third-order valence-electron chi connectivity index (χ3n) is 4.87. The van der Waals surface area contributed by atoms with E-state index in [0.29, 0.717) is 31.2 Å². The summed E-state index contributed by atoms with van der Waals surface area (Å²) in [4.78, 5) is 25.7. The fraction of sp³-hybridized carbons (Fsp3) is 0.0870. The molecule has 32 heavy (non-hydrogen) atoms. The van der Waals surface area contributed by atoms with Gasteiger partial charge >= 0.3 is 0 Å². The lowest BCUT2D eigenvalue weighted by molar-refractivity contribution is -0.657. The molecule has 1 aromatic heterocycles. The Bertz CT molecular complexity index is 1230. The molecule has 0 saturated carbocycles. The van der Waals surface area contributed by atoms with Crippen LogP contribution in [0.25, 0.3) is 11.0 Å². The molecule has 0 spiro atoms. The lowest BCUT2D eigenvalue weighted by Crippen LogP contribution is -3.00. The summed E-state index contributed by atoms with van der Waals surface area (Å²) in [5, 5.41) is 1.53. The first-order valence-electron chi connectivity index (χ1n) is 9.27. The highest BCUT2D eigenvalue weighted by atomic mass is 35.5. The molecule has 0 bridgehead atoms. The van der Waals surface area contributed by atoms with Gasteiger partial charge in [0.25, 0.3) is 0 Å². The van der Waals surface area contributed by atoms with Crippen molar-refractivity contribution in [3.05, 3.63) is 98.2 Å². The highest BCUT2D eigenvalue weighted by Crippen LogP contribution is 2.23. The van der Waals surface area contributed by atoms with Gasteiger partial charge in [0.15, 0.2) is 24.1 Å². The number of carbonyl (C=O) groups is 2. The van der Waals surface area contributed by atoms with Crippen LogP contribution in [0.3, 0.4) is 0 Å². The number of para-hydroxylation sites is 2. The van der Waals surface area contributed by atoms with Gasteiger partial charge < -0.3 is 12.4 Å². The second-order valence-corrected chi connectivity index (χ2v) is 8.64. The molecular weight excluding hydrogens is 514 g/mol. The summed E-state index contributed by atoms with van der Waals surface area (Å²) >= 11 is 24.2. The maximum Gasteiger partial charge on any atom is 0.245 e. The molecule has 4 nitrogen and oxygen atoms in total. The van der Waals surface area contributed by atoms with Crippen molar-refractivity contribution in [2.24, 2.45) is 0 Å². The van der Waals surface area contributed by atoms with E-state index in [1.54, 1.807) is 51.9 Å². The number of benzene rings is 3. The molecule has 0 aliphatic rings. The topological polar surface area (TPSA) is 43.0 Å². The molecule has 0 amide bonds. The Kier molecular flexibility index (Phi) is 7.86. The third-order valence-corrected chi connectivity index (χ3v) is 5.97. The van der Waals surface area contributed by atoms with Crippen molar-refractivity contribution in [1.82, 2.24) is 4.57 Å². The van der Waals surface area contributed by atoms with Crippen molar-refractivity contribution in [2.75, 3.05) is 0 Å². The summed E-state index contributed by atoms with van der Waals surface area (Å²) in [6.07, 6.45) is 1.74. The molecule has 0 aliphatic carbocycles. The molecule has 0 radical (unpaired) electrons. The summed E-state index contributed by atoms with van der Waals surface area (Å²) < 4.78 is 3.58. The van der Waals surface area contributed by atoms with Gasteiger partial charge in [0.2, 0.25) is 17.9 Å². The van der Waals surface area contributed by atoms with Crippen LogP contribution in [0.2, 0.25) is 20.1 Å². The molecule has 3 aromatic carbocycles. The van der Waals surface area contributed by atoms with Crippen LogP contribution < -0.4 is 17.0 Å². The van der Waals surface area contributed by atoms with E-state index in [4.69, 9.17) is 46.4 Å². The fourth-order valence-corrected chi connectivity index (χ4v) is 4.43. The SMILES string of the molecule is O=C(Cn1c[n+](CC(=O)c2ccc(Cl)cc2Cl)c2ccccc21)c1ccc(Cl)cc1Cl.[Cl-]. The highest BCUT2D eigenvalue weighted by molar-refractivity contribution is 6.37. The van der Waals surface area contributed by atoms with E-state index in [1.165, 1.54) is 0 Å². The normalized spacial score (nSPS) is 10.8. The first-order valence-corrected chi connectivity index (χ1v) is 10.8. The number of aromatic nitrogens is 2. The average molecular weight is 529 g/mol. The first-order chi connectivity index (χ1) is 14.8. The monoisotopic (exact) mass is 526 g/mol. The van der Waals surface area contributed by atoms with Crippen molar-refractivity contribution in [3.8, 4) is 0 Å². The quantitative estimate of drug-likeness (QED) is 0.285. The molecule has 0 saturated heterocycles. The zero-order chi connectivity index (χ0) is 22.1. The van der Waals surface area contributed by atoms with Gasteiger partial charge in [-0.2, -0.15) is 0 Å². The van der Waals surface area contributed by atoms with Crippen LogP contribution >= 0.6 is 46.4 Å². The Balaban J connectivity index is 0.00000289. The fourth-order valence-electron chi connectivity index (χ4n) is 3.41. The van der Waals surface area contributed by atoms with E-state index in [9.17, 15) is 9.59 Å². The largest absolute Gasteiger partial charge is 1.00 e. The summed E-state index contributed by atoms with van der Waals surface area (Å²) in [6.45, 7) is 0.121. The van der Waals surface area contributed by atoms with Crippen LogP contribution in [0, 0.1) is 0 Å². The lowest BCUT2D eigenvalue weighted by atomic mass is 10.1. The van der Waals surface area contributed by atoms with Crippen molar-refractivity contribution in [1.29, 1.82) is 0 Å². The van der Waals surface area contributed by atoms with E-state index < -0.39 is 0 Å². The number of ketones is 2. The summed E-state index contributed by atoms with van der Waals surface area (Å²) in [5.41, 5.74) is 2.41. The number of nitrogens with zero attached hydrogens (tertiary/aromatic N) is 2. The summed E-state index contributed by atoms with van der Waals surface area (Å²) in [7, 11) is 0. The van der Waals surface area contributed by atoms with Gasteiger partial charge in [0.05, 0.1) is 10.0 Å².